The van der Waals surface area contributed by atoms with Crippen molar-refractivity contribution in [1.82, 2.24) is 9.47 Å². The summed E-state index contributed by atoms with van der Waals surface area (Å²) in [6.07, 6.45) is 4.36. The van der Waals surface area contributed by atoms with Crippen molar-refractivity contribution in [1.29, 1.82) is 0 Å². The molecule has 108 valence electrons. The van der Waals surface area contributed by atoms with Crippen LogP contribution in [0.25, 0.3) is 5.69 Å². The first-order valence-corrected chi connectivity index (χ1v) is 6.90. The number of rotatable bonds is 3. The maximum Gasteiger partial charge on any atom is 0.308 e. The molecule has 2 aromatic rings. The maximum atomic E-state index is 12.5. The molecule has 1 aliphatic rings. The van der Waals surface area contributed by atoms with Crippen LogP contribution >= 0.6 is 0 Å². The first-order valence-electron chi connectivity index (χ1n) is 6.90. The molecule has 1 unspecified atom stereocenters. The number of carbonyl (C=O) groups excluding carboxylic acids is 1. The predicted octanol–water partition coefficient (Wildman–Crippen LogP) is 2.02. The SMILES string of the molecule is O=C(O)C1CCN(C(=O)c2cccc(-n3cccc3)c2)C1. The molecule has 1 atom stereocenters. The Morgan fingerprint density at radius 3 is 2.57 bits per heavy atom. The van der Waals surface area contributed by atoms with Gasteiger partial charge in [0.15, 0.2) is 0 Å². The average molecular weight is 284 g/mol. The Balaban J connectivity index is 1.80. The van der Waals surface area contributed by atoms with E-state index in [4.69, 9.17) is 5.11 Å². The second-order valence-corrected chi connectivity index (χ2v) is 5.22. The third kappa shape index (κ3) is 2.67. The Labute approximate surface area is 122 Å². The normalized spacial score (nSPS) is 17.9. The summed E-state index contributed by atoms with van der Waals surface area (Å²) in [5.41, 5.74) is 1.51. The van der Waals surface area contributed by atoms with E-state index >= 15 is 0 Å². The van der Waals surface area contributed by atoms with E-state index in [2.05, 4.69) is 0 Å². The topological polar surface area (TPSA) is 62.5 Å². The van der Waals surface area contributed by atoms with Crippen molar-refractivity contribution in [3.8, 4) is 5.69 Å². The lowest BCUT2D eigenvalue weighted by atomic mass is 10.1. The number of aliphatic carboxylic acids is 1. The quantitative estimate of drug-likeness (QED) is 0.938. The summed E-state index contributed by atoms with van der Waals surface area (Å²) in [7, 11) is 0. The van der Waals surface area contributed by atoms with Crippen LogP contribution < -0.4 is 0 Å². The molecule has 0 saturated carbocycles. The minimum atomic E-state index is -0.827. The zero-order chi connectivity index (χ0) is 14.8. The summed E-state index contributed by atoms with van der Waals surface area (Å²) >= 11 is 0. The predicted molar refractivity (Wildman–Crippen MR) is 77.4 cm³/mol. The number of hydrogen-bond acceptors (Lipinski definition) is 2. The van der Waals surface area contributed by atoms with Gasteiger partial charge in [0.25, 0.3) is 5.91 Å². The van der Waals surface area contributed by atoms with Gasteiger partial charge < -0.3 is 14.6 Å². The number of likely N-dealkylation sites (tertiary alicyclic amines) is 1. The van der Waals surface area contributed by atoms with Gasteiger partial charge in [-0.3, -0.25) is 9.59 Å². The Bertz CT molecular complexity index is 664. The van der Waals surface area contributed by atoms with Crippen molar-refractivity contribution in [2.75, 3.05) is 13.1 Å². The van der Waals surface area contributed by atoms with Crippen LogP contribution in [0, 0.1) is 5.92 Å². The molecular formula is C16H16N2O3. The van der Waals surface area contributed by atoms with Gasteiger partial charge in [-0.1, -0.05) is 6.07 Å². The molecule has 1 fully saturated rings. The number of carboxylic acid groups (broad SMARTS) is 1. The smallest absolute Gasteiger partial charge is 0.308 e. The number of hydrogen-bond donors (Lipinski definition) is 1. The second-order valence-electron chi connectivity index (χ2n) is 5.22. The molecule has 1 aliphatic heterocycles. The van der Waals surface area contributed by atoms with Crippen LogP contribution in [-0.2, 0) is 4.79 Å². The molecule has 0 bridgehead atoms. The first-order chi connectivity index (χ1) is 10.1. The fourth-order valence-corrected chi connectivity index (χ4v) is 2.64. The minimum absolute atomic E-state index is 0.104. The van der Waals surface area contributed by atoms with Crippen molar-refractivity contribution < 1.29 is 14.7 Å². The zero-order valence-electron chi connectivity index (χ0n) is 11.5. The van der Waals surface area contributed by atoms with Crippen LogP contribution in [-0.4, -0.2) is 39.5 Å². The highest BCUT2D eigenvalue weighted by atomic mass is 16.4. The molecule has 1 aromatic heterocycles. The molecule has 3 rings (SSSR count). The van der Waals surface area contributed by atoms with E-state index in [0.717, 1.165) is 5.69 Å². The van der Waals surface area contributed by atoms with E-state index in [1.165, 1.54) is 0 Å². The average Bonchev–Trinajstić information content (AvgIpc) is 3.18. The highest BCUT2D eigenvalue weighted by molar-refractivity contribution is 5.95. The summed E-state index contributed by atoms with van der Waals surface area (Å²) in [6.45, 7) is 0.797. The van der Waals surface area contributed by atoms with Gasteiger partial charge in [-0.25, -0.2) is 0 Å². The molecular weight excluding hydrogens is 268 g/mol. The number of benzene rings is 1. The standard InChI is InChI=1S/C16H16N2O3/c19-15(18-9-6-13(11-18)16(20)21)12-4-3-5-14(10-12)17-7-1-2-8-17/h1-5,7-8,10,13H,6,9,11H2,(H,20,21). The number of carbonyl (C=O) groups is 2. The van der Waals surface area contributed by atoms with E-state index in [0.29, 0.717) is 25.1 Å². The van der Waals surface area contributed by atoms with Crippen molar-refractivity contribution in [2.24, 2.45) is 5.92 Å². The molecule has 2 heterocycles. The first kappa shape index (κ1) is 13.4. The second kappa shape index (κ2) is 5.44. The van der Waals surface area contributed by atoms with Crippen LogP contribution in [0.2, 0.25) is 0 Å². The fourth-order valence-electron chi connectivity index (χ4n) is 2.64. The number of aromatic nitrogens is 1. The Morgan fingerprint density at radius 2 is 1.90 bits per heavy atom. The molecule has 0 radical (unpaired) electrons. The third-order valence-corrected chi connectivity index (χ3v) is 3.82. The van der Waals surface area contributed by atoms with Gasteiger partial charge in [-0.2, -0.15) is 0 Å². The lowest BCUT2D eigenvalue weighted by Crippen LogP contribution is -2.30. The third-order valence-electron chi connectivity index (χ3n) is 3.82. The Hall–Kier alpha value is -2.56. The molecule has 1 N–H and O–H groups in total. The zero-order valence-corrected chi connectivity index (χ0v) is 11.5. The molecule has 5 heteroatoms. The monoisotopic (exact) mass is 284 g/mol. The van der Waals surface area contributed by atoms with E-state index in [1.54, 1.807) is 11.0 Å². The van der Waals surface area contributed by atoms with E-state index in [1.807, 2.05) is 47.3 Å². The molecule has 0 aliphatic carbocycles. The Morgan fingerprint density at radius 1 is 1.14 bits per heavy atom. The summed E-state index contributed by atoms with van der Waals surface area (Å²) < 4.78 is 1.93. The molecule has 0 spiro atoms. The van der Waals surface area contributed by atoms with Crippen LogP contribution in [0.15, 0.2) is 48.8 Å². The fraction of sp³-hybridized carbons (Fsp3) is 0.250. The van der Waals surface area contributed by atoms with E-state index in [-0.39, 0.29) is 5.91 Å². The summed E-state index contributed by atoms with van der Waals surface area (Å²) in [6, 6.07) is 11.2. The van der Waals surface area contributed by atoms with Crippen molar-refractivity contribution in [2.45, 2.75) is 6.42 Å². The largest absolute Gasteiger partial charge is 0.481 e. The van der Waals surface area contributed by atoms with Crippen molar-refractivity contribution in [3.05, 3.63) is 54.4 Å². The van der Waals surface area contributed by atoms with Gasteiger partial charge in [0.1, 0.15) is 0 Å². The molecule has 1 amide bonds. The summed E-state index contributed by atoms with van der Waals surface area (Å²) in [5, 5.41) is 9.01. The number of carboxylic acids is 1. The van der Waals surface area contributed by atoms with Gasteiger partial charge in [0, 0.05) is 36.7 Å². The van der Waals surface area contributed by atoms with Gasteiger partial charge in [-0.05, 0) is 36.8 Å². The summed E-state index contributed by atoms with van der Waals surface area (Å²) in [4.78, 5) is 25.1. The highest BCUT2D eigenvalue weighted by Crippen LogP contribution is 2.20. The molecule has 21 heavy (non-hydrogen) atoms. The van der Waals surface area contributed by atoms with Gasteiger partial charge in [0.2, 0.25) is 0 Å². The van der Waals surface area contributed by atoms with Crippen molar-refractivity contribution >= 4 is 11.9 Å². The van der Waals surface area contributed by atoms with E-state index < -0.39 is 11.9 Å². The lowest BCUT2D eigenvalue weighted by Gasteiger charge is -2.16. The van der Waals surface area contributed by atoms with Crippen LogP contribution in [0.1, 0.15) is 16.8 Å². The number of amides is 1. The van der Waals surface area contributed by atoms with E-state index in [9.17, 15) is 9.59 Å². The number of nitrogens with zero attached hydrogens (tertiary/aromatic N) is 2. The molecule has 5 nitrogen and oxygen atoms in total. The van der Waals surface area contributed by atoms with Gasteiger partial charge >= 0.3 is 5.97 Å². The molecule has 1 aromatic carbocycles. The highest BCUT2D eigenvalue weighted by Gasteiger charge is 2.31. The van der Waals surface area contributed by atoms with Gasteiger partial charge in [-0.15, -0.1) is 0 Å². The van der Waals surface area contributed by atoms with Crippen LogP contribution in [0.3, 0.4) is 0 Å². The van der Waals surface area contributed by atoms with Crippen molar-refractivity contribution in [3.63, 3.8) is 0 Å². The Kier molecular flexibility index (Phi) is 3.48. The van der Waals surface area contributed by atoms with Crippen LogP contribution in [0.5, 0.6) is 0 Å². The maximum absolute atomic E-state index is 12.5. The minimum Gasteiger partial charge on any atom is -0.481 e. The molecule has 1 saturated heterocycles. The summed E-state index contributed by atoms with van der Waals surface area (Å²) in [5.74, 6) is -1.37. The van der Waals surface area contributed by atoms with Gasteiger partial charge in [0.05, 0.1) is 5.92 Å². The lowest BCUT2D eigenvalue weighted by molar-refractivity contribution is -0.141. The van der Waals surface area contributed by atoms with Crippen LogP contribution in [0.4, 0.5) is 0 Å².